The molecule has 0 spiro atoms. The van der Waals surface area contributed by atoms with Gasteiger partial charge >= 0.3 is 0 Å². The first kappa shape index (κ1) is 13.1. The van der Waals surface area contributed by atoms with Gasteiger partial charge in [-0.1, -0.05) is 20.8 Å². The molecule has 2 nitrogen and oxygen atoms in total. The van der Waals surface area contributed by atoms with E-state index in [0.29, 0.717) is 17.9 Å². The summed E-state index contributed by atoms with van der Waals surface area (Å²) < 4.78 is 12.8. The van der Waals surface area contributed by atoms with Crippen LogP contribution in [0.5, 0.6) is 0 Å². The number of aromatic nitrogens is 1. The molecule has 0 aliphatic carbocycles. The zero-order valence-corrected chi connectivity index (χ0v) is 10.5. The van der Waals surface area contributed by atoms with Crippen LogP contribution in [0.3, 0.4) is 0 Å². The average molecular weight is 224 g/mol. The fraction of sp³-hybridized carbons (Fsp3) is 0.615. The van der Waals surface area contributed by atoms with Gasteiger partial charge < -0.3 is 5.32 Å². The molecule has 0 bridgehead atoms. The summed E-state index contributed by atoms with van der Waals surface area (Å²) in [5.41, 5.74) is 0.963. The Kier molecular flexibility index (Phi) is 4.87. The van der Waals surface area contributed by atoms with E-state index in [9.17, 15) is 4.39 Å². The van der Waals surface area contributed by atoms with Crippen molar-refractivity contribution in [1.82, 2.24) is 10.3 Å². The minimum absolute atomic E-state index is 0.276. The van der Waals surface area contributed by atoms with E-state index in [1.807, 2.05) is 0 Å². The van der Waals surface area contributed by atoms with E-state index in [0.717, 1.165) is 12.2 Å². The van der Waals surface area contributed by atoms with Gasteiger partial charge in [-0.15, -0.1) is 0 Å². The number of likely N-dealkylation sites (N-methyl/N-ethyl adjacent to an activating group) is 1. The van der Waals surface area contributed by atoms with Gasteiger partial charge in [0.1, 0.15) is 5.82 Å². The molecule has 2 unspecified atom stereocenters. The van der Waals surface area contributed by atoms with Gasteiger partial charge in [0, 0.05) is 17.7 Å². The van der Waals surface area contributed by atoms with Crippen molar-refractivity contribution in [2.24, 2.45) is 5.92 Å². The fourth-order valence-electron chi connectivity index (χ4n) is 2.21. The van der Waals surface area contributed by atoms with Crippen molar-refractivity contribution in [1.29, 1.82) is 0 Å². The summed E-state index contributed by atoms with van der Waals surface area (Å²) in [4.78, 5) is 4.19. The van der Waals surface area contributed by atoms with Crippen LogP contribution in [0.4, 0.5) is 4.39 Å². The van der Waals surface area contributed by atoms with Gasteiger partial charge in [0.2, 0.25) is 0 Å². The van der Waals surface area contributed by atoms with E-state index < -0.39 is 0 Å². The van der Waals surface area contributed by atoms with Gasteiger partial charge in [0.15, 0.2) is 0 Å². The Labute approximate surface area is 97.3 Å². The second-order valence-corrected chi connectivity index (χ2v) is 4.52. The lowest BCUT2D eigenvalue weighted by atomic mass is 9.86. The van der Waals surface area contributed by atoms with Crippen LogP contribution in [0.1, 0.15) is 39.3 Å². The maximum absolute atomic E-state index is 12.8. The Morgan fingerprint density at radius 2 is 2.00 bits per heavy atom. The quantitative estimate of drug-likeness (QED) is 0.831. The van der Waals surface area contributed by atoms with Crippen molar-refractivity contribution in [3.63, 3.8) is 0 Å². The lowest BCUT2D eigenvalue weighted by Crippen LogP contribution is -2.35. The molecule has 0 aromatic carbocycles. The third kappa shape index (κ3) is 3.27. The summed E-state index contributed by atoms with van der Waals surface area (Å²) in [5.74, 6) is 0.523. The second kappa shape index (κ2) is 5.94. The number of hydrogen-bond donors (Lipinski definition) is 1. The Balaban J connectivity index is 2.89. The highest BCUT2D eigenvalue weighted by molar-refractivity contribution is 5.13. The standard InChI is InChI=1S/C13H21FN2/c1-5-15-10(4)13(9(2)3)12-7-6-11(14)8-16-12/h6-10,13,15H,5H2,1-4H3. The molecule has 0 fully saturated rings. The van der Waals surface area contributed by atoms with E-state index >= 15 is 0 Å². The zero-order chi connectivity index (χ0) is 12.1. The summed E-state index contributed by atoms with van der Waals surface area (Å²) in [5, 5.41) is 3.41. The maximum atomic E-state index is 12.8. The normalized spacial score (nSPS) is 15.1. The molecule has 0 saturated heterocycles. The number of halogens is 1. The highest BCUT2D eigenvalue weighted by atomic mass is 19.1. The molecule has 1 aromatic heterocycles. The fourth-order valence-corrected chi connectivity index (χ4v) is 2.21. The molecule has 2 atom stereocenters. The van der Waals surface area contributed by atoms with E-state index in [4.69, 9.17) is 0 Å². The molecule has 0 amide bonds. The Morgan fingerprint density at radius 3 is 2.44 bits per heavy atom. The SMILES string of the molecule is CCNC(C)C(c1ccc(F)cn1)C(C)C. The molecule has 3 heteroatoms. The number of hydrogen-bond acceptors (Lipinski definition) is 2. The van der Waals surface area contributed by atoms with Crippen LogP contribution in [-0.4, -0.2) is 17.6 Å². The van der Waals surface area contributed by atoms with Gasteiger partial charge in [-0.3, -0.25) is 4.98 Å². The molecule has 1 N–H and O–H groups in total. The number of nitrogens with one attached hydrogen (secondary N) is 1. The van der Waals surface area contributed by atoms with Gasteiger partial charge in [-0.25, -0.2) is 4.39 Å². The largest absolute Gasteiger partial charge is 0.314 e. The van der Waals surface area contributed by atoms with Gasteiger partial charge in [0.25, 0.3) is 0 Å². The molecule has 0 saturated carbocycles. The van der Waals surface area contributed by atoms with Crippen molar-refractivity contribution < 1.29 is 4.39 Å². The topological polar surface area (TPSA) is 24.9 Å². The van der Waals surface area contributed by atoms with Crippen molar-refractivity contribution in [3.8, 4) is 0 Å². The highest BCUT2D eigenvalue weighted by Crippen LogP contribution is 2.26. The molecule has 1 rings (SSSR count). The Bertz CT molecular complexity index is 308. The predicted molar refractivity (Wildman–Crippen MR) is 64.9 cm³/mol. The second-order valence-electron chi connectivity index (χ2n) is 4.52. The van der Waals surface area contributed by atoms with Crippen molar-refractivity contribution >= 4 is 0 Å². The van der Waals surface area contributed by atoms with Gasteiger partial charge in [0.05, 0.1) is 6.20 Å². The van der Waals surface area contributed by atoms with Crippen LogP contribution in [0, 0.1) is 11.7 Å². The van der Waals surface area contributed by atoms with Crippen LogP contribution in [-0.2, 0) is 0 Å². The minimum Gasteiger partial charge on any atom is -0.314 e. The molecule has 0 radical (unpaired) electrons. The summed E-state index contributed by atoms with van der Waals surface area (Å²) in [6.07, 6.45) is 1.30. The third-order valence-electron chi connectivity index (χ3n) is 2.87. The number of pyridine rings is 1. The first-order valence-electron chi connectivity index (χ1n) is 5.91. The summed E-state index contributed by atoms with van der Waals surface area (Å²) >= 11 is 0. The molecular formula is C13H21FN2. The third-order valence-corrected chi connectivity index (χ3v) is 2.87. The van der Waals surface area contributed by atoms with Crippen molar-refractivity contribution in [2.75, 3.05) is 6.54 Å². The van der Waals surface area contributed by atoms with E-state index in [1.165, 1.54) is 12.3 Å². The van der Waals surface area contributed by atoms with Crippen molar-refractivity contribution in [3.05, 3.63) is 29.8 Å². The molecule has 0 aliphatic heterocycles. The van der Waals surface area contributed by atoms with Crippen LogP contribution in [0.25, 0.3) is 0 Å². The van der Waals surface area contributed by atoms with Crippen LogP contribution < -0.4 is 5.32 Å². The zero-order valence-electron chi connectivity index (χ0n) is 10.5. The maximum Gasteiger partial charge on any atom is 0.141 e. The van der Waals surface area contributed by atoms with Crippen LogP contribution >= 0.6 is 0 Å². The summed E-state index contributed by atoms with van der Waals surface area (Å²) in [7, 11) is 0. The number of nitrogens with zero attached hydrogens (tertiary/aromatic N) is 1. The van der Waals surface area contributed by atoms with Gasteiger partial charge in [-0.2, -0.15) is 0 Å². The first-order chi connectivity index (χ1) is 7.56. The molecule has 1 heterocycles. The molecule has 16 heavy (non-hydrogen) atoms. The first-order valence-corrected chi connectivity index (χ1v) is 5.91. The molecule has 1 aromatic rings. The number of rotatable bonds is 5. The molecular weight excluding hydrogens is 203 g/mol. The Hall–Kier alpha value is -0.960. The van der Waals surface area contributed by atoms with Crippen molar-refractivity contribution in [2.45, 2.75) is 39.7 Å². The van der Waals surface area contributed by atoms with Crippen LogP contribution in [0.15, 0.2) is 18.3 Å². The average Bonchev–Trinajstić information content (AvgIpc) is 2.21. The molecule has 0 aliphatic rings. The summed E-state index contributed by atoms with van der Waals surface area (Å²) in [6, 6.07) is 3.62. The Morgan fingerprint density at radius 1 is 1.31 bits per heavy atom. The predicted octanol–water partition coefficient (Wildman–Crippen LogP) is 2.96. The minimum atomic E-state index is -0.276. The van der Waals surface area contributed by atoms with Crippen LogP contribution in [0.2, 0.25) is 0 Å². The van der Waals surface area contributed by atoms with E-state index in [1.54, 1.807) is 6.07 Å². The summed E-state index contributed by atoms with van der Waals surface area (Å²) in [6.45, 7) is 9.52. The monoisotopic (exact) mass is 224 g/mol. The smallest absolute Gasteiger partial charge is 0.141 e. The lowest BCUT2D eigenvalue weighted by molar-refractivity contribution is 0.375. The highest BCUT2D eigenvalue weighted by Gasteiger charge is 2.23. The van der Waals surface area contributed by atoms with E-state index in [2.05, 4.69) is 38.0 Å². The van der Waals surface area contributed by atoms with E-state index in [-0.39, 0.29) is 5.82 Å². The van der Waals surface area contributed by atoms with Gasteiger partial charge in [-0.05, 0) is 31.5 Å². The molecule has 90 valence electrons. The lowest BCUT2D eigenvalue weighted by Gasteiger charge is -2.27.